The molecule has 0 aliphatic carbocycles. The standard InChI is InChI=1S/C19H19N3O2S/c1-12-5-8-15(9-6-12)18(24)20-21-19-22(17(23)11-25-19)16-10-13(2)4-7-14(16)3/h4-10H,11H2,1-3H3,(H,20,24)/b21-19+. The summed E-state index contributed by atoms with van der Waals surface area (Å²) in [6, 6.07) is 13.2. The van der Waals surface area contributed by atoms with Crippen LogP contribution in [0.25, 0.3) is 0 Å². The van der Waals surface area contributed by atoms with Gasteiger partial charge in [0, 0.05) is 5.56 Å². The first-order valence-corrected chi connectivity index (χ1v) is 8.92. The fourth-order valence-corrected chi connectivity index (χ4v) is 3.33. The SMILES string of the molecule is Cc1ccc(C(=O)N/N=C2/SCC(=O)N2c2cc(C)ccc2C)cc1. The number of hydrogen-bond acceptors (Lipinski definition) is 4. The van der Waals surface area contributed by atoms with E-state index in [0.29, 0.717) is 16.5 Å². The fraction of sp³-hybridized carbons (Fsp3) is 0.211. The van der Waals surface area contributed by atoms with Crippen molar-refractivity contribution in [3.8, 4) is 0 Å². The predicted octanol–water partition coefficient (Wildman–Crippen LogP) is 3.39. The fourth-order valence-electron chi connectivity index (χ4n) is 2.51. The molecule has 2 aromatic rings. The molecule has 1 aliphatic rings. The zero-order valence-electron chi connectivity index (χ0n) is 14.4. The number of amidine groups is 1. The van der Waals surface area contributed by atoms with Gasteiger partial charge in [0.25, 0.3) is 5.91 Å². The Labute approximate surface area is 151 Å². The van der Waals surface area contributed by atoms with Crippen LogP contribution in [0, 0.1) is 20.8 Å². The molecule has 1 aliphatic heterocycles. The minimum absolute atomic E-state index is 0.0398. The van der Waals surface area contributed by atoms with Gasteiger partial charge in [-0.15, -0.1) is 5.10 Å². The molecule has 128 valence electrons. The zero-order chi connectivity index (χ0) is 18.0. The highest BCUT2D eigenvalue weighted by Crippen LogP contribution is 2.29. The third-order valence-electron chi connectivity index (χ3n) is 3.94. The molecule has 0 radical (unpaired) electrons. The largest absolute Gasteiger partial charge is 0.273 e. The lowest BCUT2D eigenvalue weighted by molar-refractivity contribution is -0.115. The first kappa shape index (κ1) is 17.2. The Morgan fingerprint density at radius 2 is 1.76 bits per heavy atom. The molecule has 0 bridgehead atoms. The molecule has 1 N–H and O–H groups in total. The van der Waals surface area contributed by atoms with E-state index < -0.39 is 0 Å². The van der Waals surface area contributed by atoms with Gasteiger partial charge in [-0.25, -0.2) is 5.43 Å². The molecule has 0 aromatic heterocycles. The third-order valence-corrected chi connectivity index (χ3v) is 4.86. The molecule has 1 heterocycles. The van der Waals surface area contributed by atoms with E-state index in [0.717, 1.165) is 22.4 Å². The molecule has 0 atom stereocenters. The van der Waals surface area contributed by atoms with E-state index in [-0.39, 0.29) is 11.8 Å². The number of amides is 2. The van der Waals surface area contributed by atoms with Gasteiger partial charge in [0.15, 0.2) is 5.17 Å². The second kappa shape index (κ2) is 7.11. The van der Waals surface area contributed by atoms with Crippen molar-refractivity contribution in [2.45, 2.75) is 20.8 Å². The van der Waals surface area contributed by atoms with Crippen LogP contribution in [-0.2, 0) is 4.79 Å². The second-order valence-corrected chi connectivity index (χ2v) is 6.95. The Balaban J connectivity index is 1.84. The molecule has 25 heavy (non-hydrogen) atoms. The number of carbonyl (C=O) groups excluding carboxylic acids is 2. The molecular weight excluding hydrogens is 334 g/mol. The maximum absolute atomic E-state index is 12.3. The molecule has 2 amide bonds. The van der Waals surface area contributed by atoms with Gasteiger partial charge >= 0.3 is 0 Å². The number of anilines is 1. The summed E-state index contributed by atoms with van der Waals surface area (Å²) in [5, 5.41) is 4.67. The lowest BCUT2D eigenvalue weighted by Crippen LogP contribution is -2.32. The van der Waals surface area contributed by atoms with E-state index in [4.69, 9.17) is 0 Å². The van der Waals surface area contributed by atoms with Crippen molar-refractivity contribution in [2.75, 3.05) is 10.7 Å². The molecule has 6 heteroatoms. The van der Waals surface area contributed by atoms with Crippen LogP contribution in [0.3, 0.4) is 0 Å². The van der Waals surface area contributed by atoms with Crippen LogP contribution in [0.5, 0.6) is 0 Å². The summed E-state index contributed by atoms with van der Waals surface area (Å²) >= 11 is 1.32. The number of thioether (sulfide) groups is 1. The first-order chi connectivity index (χ1) is 12.0. The van der Waals surface area contributed by atoms with Crippen LogP contribution in [-0.4, -0.2) is 22.7 Å². The number of nitrogens with zero attached hydrogens (tertiary/aromatic N) is 2. The highest BCUT2D eigenvalue weighted by atomic mass is 32.2. The van der Waals surface area contributed by atoms with Crippen molar-refractivity contribution in [1.82, 2.24) is 5.43 Å². The normalized spacial score (nSPS) is 15.7. The van der Waals surface area contributed by atoms with Crippen molar-refractivity contribution in [1.29, 1.82) is 0 Å². The second-order valence-electron chi connectivity index (χ2n) is 6.01. The van der Waals surface area contributed by atoms with E-state index >= 15 is 0 Å². The summed E-state index contributed by atoms with van der Waals surface area (Å²) in [7, 11) is 0. The summed E-state index contributed by atoms with van der Waals surface area (Å²) in [5.74, 6) is -0.0255. The molecule has 5 nitrogen and oxygen atoms in total. The number of aryl methyl sites for hydroxylation is 3. The summed E-state index contributed by atoms with van der Waals surface area (Å²) in [6.07, 6.45) is 0. The van der Waals surface area contributed by atoms with Crippen molar-refractivity contribution >= 4 is 34.4 Å². The summed E-state index contributed by atoms with van der Waals surface area (Å²) < 4.78 is 0. The van der Waals surface area contributed by atoms with Gasteiger partial charge in [0.1, 0.15) is 0 Å². The van der Waals surface area contributed by atoms with Crippen molar-refractivity contribution < 1.29 is 9.59 Å². The molecule has 0 saturated carbocycles. The molecule has 3 rings (SSSR count). The van der Waals surface area contributed by atoms with Crippen LogP contribution in [0.4, 0.5) is 5.69 Å². The average molecular weight is 353 g/mol. The van der Waals surface area contributed by atoms with Crippen molar-refractivity contribution in [3.63, 3.8) is 0 Å². The number of rotatable bonds is 3. The summed E-state index contributed by atoms with van der Waals surface area (Å²) in [6.45, 7) is 5.89. The molecular formula is C19H19N3O2S. The molecule has 0 spiro atoms. The Morgan fingerprint density at radius 3 is 2.48 bits per heavy atom. The minimum Gasteiger partial charge on any atom is -0.273 e. The van der Waals surface area contributed by atoms with Crippen LogP contribution < -0.4 is 10.3 Å². The average Bonchev–Trinajstić information content (AvgIpc) is 2.96. The molecule has 1 saturated heterocycles. The number of benzene rings is 2. The molecule has 2 aromatic carbocycles. The van der Waals surface area contributed by atoms with Gasteiger partial charge in [0.2, 0.25) is 5.91 Å². The Morgan fingerprint density at radius 1 is 1.08 bits per heavy atom. The lowest BCUT2D eigenvalue weighted by atomic mass is 10.1. The molecule has 1 fully saturated rings. The van der Waals surface area contributed by atoms with Gasteiger partial charge in [-0.2, -0.15) is 0 Å². The van der Waals surface area contributed by atoms with Gasteiger partial charge in [0.05, 0.1) is 11.4 Å². The number of hydrazone groups is 1. The highest BCUT2D eigenvalue weighted by molar-refractivity contribution is 8.15. The zero-order valence-corrected chi connectivity index (χ0v) is 15.2. The smallest absolute Gasteiger partial charge is 0.271 e. The van der Waals surface area contributed by atoms with Gasteiger partial charge in [-0.3, -0.25) is 14.5 Å². The first-order valence-electron chi connectivity index (χ1n) is 7.93. The van der Waals surface area contributed by atoms with E-state index in [1.807, 2.05) is 51.1 Å². The maximum atomic E-state index is 12.3. The number of carbonyl (C=O) groups is 2. The predicted molar refractivity (Wildman–Crippen MR) is 102 cm³/mol. The topological polar surface area (TPSA) is 61.8 Å². The monoisotopic (exact) mass is 353 g/mol. The summed E-state index contributed by atoms with van der Waals surface area (Å²) in [5.41, 5.74) is 7.02. The quantitative estimate of drug-likeness (QED) is 0.861. The van der Waals surface area contributed by atoms with Crippen LogP contribution in [0.1, 0.15) is 27.0 Å². The minimum atomic E-state index is -0.298. The Bertz CT molecular complexity index is 859. The number of nitrogens with one attached hydrogen (secondary N) is 1. The third kappa shape index (κ3) is 3.74. The Hall–Kier alpha value is -2.60. The van der Waals surface area contributed by atoms with Gasteiger partial charge in [-0.1, -0.05) is 41.6 Å². The summed E-state index contributed by atoms with van der Waals surface area (Å²) in [4.78, 5) is 26.1. The Kier molecular flexibility index (Phi) is 4.90. The van der Waals surface area contributed by atoms with Crippen LogP contribution >= 0.6 is 11.8 Å². The van der Waals surface area contributed by atoms with E-state index in [1.165, 1.54) is 11.8 Å². The van der Waals surface area contributed by atoms with Crippen molar-refractivity contribution in [3.05, 3.63) is 64.7 Å². The highest BCUT2D eigenvalue weighted by Gasteiger charge is 2.31. The van der Waals surface area contributed by atoms with Gasteiger partial charge in [-0.05, 0) is 50.1 Å². The lowest BCUT2D eigenvalue weighted by Gasteiger charge is -2.19. The molecule has 0 unspecified atom stereocenters. The maximum Gasteiger partial charge on any atom is 0.271 e. The van der Waals surface area contributed by atoms with E-state index in [2.05, 4.69) is 10.5 Å². The van der Waals surface area contributed by atoms with Crippen LogP contribution in [0.2, 0.25) is 0 Å². The number of hydrogen-bond donors (Lipinski definition) is 1. The van der Waals surface area contributed by atoms with Gasteiger partial charge < -0.3 is 0 Å². The van der Waals surface area contributed by atoms with Crippen molar-refractivity contribution in [2.24, 2.45) is 5.10 Å². The van der Waals surface area contributed by atoms with E-state index in [1.54, 1.807) is 17.0 Å². The van der Waals surface area contributed by atoms with E-state index in [9.17, 15) is 9.59 Å². The van der Waals surface area contributed by atoms with Crippen LogP contribution in [0.15, 0.2) is 47.6 Å².